The minimum Gasteiger partial charge on any atom is -0.450 e. The molecule has 1 amide bonds. The molecule has 0 saturated heterocycles. The van der Waals surface area contributed by atoms with Crippen molar-refractivity contribution >= 4 is 16.9 Å². The fraction of sp³-hybridized carbons (Fsp3) is 0.333. The molecule has 0 spiro atoms. The summed E-state index contributed by atoms with van der Waals surface area (Å²) in [5.41, 5.74) is 4.89. The summed E-state index contributed by atoms with van der Waals surface area (Å²) >= 11 is 0. The number of fused-ring (bicyclic) bond motifs is 1. The van der Waals surface area contributed by atoms with Gasteiger partial charge in [-0.05, 0) is 38.8 Å². The van der Waals surface area contributed by atoms with Gasteiger partial charge in [-0.3, -0.25) is 4.79 Å². The van der Waals surface area contributed by atoms with E-state index in [9.17, 15) is 4.79 Å². The number of amides is 1. The molecule has 5 nitrogen and oxygen atoms in total. The number of nitrogens with one attached hydrogen (secondary N) is 1. The van der Waals surface area contributed by atoms with Gasteiger partial charge in [-0.1, -0.05) is 12.1 Å². The third kappa shape index (κ3) is 2.63. The quantitative estimate of drug-likeness (QED) is 0.802. The van der Waals surface area contributed by atoms with Crippen molar-refractivity contribution in [2.45, 2.75) is 40.8 Å². The van der Waals surface area contributed by atoms with Crippen molar-refractivity contribution in [1.29, 1.82) is 0 Å². The van der Waals surface area contributed by atoms with Gasteiger partial charge in [-0.15, -0.1) is 0 Å². The normalized spacial score (nSPS) is 11.1. The Hall–Kier alpha value is -2.56. The second-order valence-corrected chi connectivity index (χ2v) is 5.79. The number of carbonyl (C=O) groups excluding carboxylic acids is 1. The summed E-state index contributed by atoms with van der Waals surface area (Å²) < 4.78 is 7.86. The number of carbonyl (C=O) groups is 1. The Kier molecular flexibility index (Phi) is 3.94. The number of hydrogen-bond donors (Lipinski definition) is 1. The Labute approximate surface area is 135 Å². The van der Waals surface area contributed by atoms with Crippen molar-refractivity contribution < 1.29 is 9.21 Å². The number of aromatic nitrogens is 2. The van der Waals surface area contributed by atoms with E-state index in [-0.39, 0.29) is 5.91 Å². The number of nitrogens with zero attached hydrogens (tertiary/aromatic N) is 2. The molecule has 0 radical (unpaired) electrons. The molecule has 0 fully saturated rings. The van der Waals surface area contributed by atoms with Crippen LogP contribution in [0.2, 0.25) is 0 Å². The van der Waals surface area contributed by atoms with Gasteiger partial charge in [0, 0.05) is 23.7 Å². The lowest BCUT2D eigenvalue weighted by molar-refractivity contribution is 0.0923. The van der Waals surface area contributed by atoms with Crippen molar-refractivity contribution in [2.24, 2.45) is 0 Å². The molecule has 120 valence electrons. The van der Waals surface area contributed by atoms with E-state index >= 15 is 0 Å². The van der Waals surface area contributed by atoms with Crippen LogP contribution in [-0.2, 0) is 13.1 Å². The first-order valence-corrected chi connectivity index (χ1v) is 7.79. The topological polar surface area (TPSA) is 60.1 Å². The predicted octanol–water partition coefficient (Wildman–Crippen LogP) is 3.50. The van der Waals surface area contributed by atoms with Crippen molar-refractivity contribution in [1.82, 2.24) is 14.9 Å². The van der Waals surface area contributed by atoms with Crippen LogP contribution < -0.4 is 5.32 Å². The summed E-state index contributed by atoms with van der Waals surface area (Å²) in [6, 6.07) is 4.07. The molecule has 1 aromatic carbocycles. The second-order valence-electron chi connectivity index (χ2n) is 5.79. The monoisotopic (exact) mass is 311 g/mol. The molecule has 3 rings (SSSR count). The number of furan rings is 1. The molecule has 0 aliphatic rings. The summed E-state index contributed by atoms with van der Waals surface area (Å²) in [5.74, 6) is 0.191. The number of imidazole rings is 1. The lowest BCUT2D eigenvalue weighted by Gasteiger charge is -2.06. The zero-order chi connectivity index (χ0) is 16.6. The van der Waals surface area contributed by atoms with Crippen molar-refractivity contribution in [3.05, 3.63) is 52.8 Å². The molecule has 2 aromatic heterocycles. The molecular formula is C18H21N3O2. The third-order valence-electron chi connectivity index (χ3n) is 4.40. The van der Waals surface area contributed by atoms with E-state index in [1.54, 1.807) is 12.5 Å². The summed E-state index contributed by atoms with van der Waals surface area (Å²) in [6.07, 6.45) is 3.53. The Morgan fingerprint density at radius 2 is 2.04 bits per heavy atom. The van der Waals surface area contributed by atoms with Crippen LogP contribution in [-0.4, -0.2) is 15.5 Å². The van der Waals surface area contributed by atoms with Crippen LogP contribution in [0.4, 0.5) is 0 Å². The molecule has 0 aliphatic heterocycles. The van der Waals surface area contributed by atoms with Crippen LogP contribution in [0.5, 0.6) is 0 Å². The highest BCUT2D eigenvalue weighted by Gasteiger charge is 2.19. The van der Waals surface area contributed by atoms with Crippen LogP contribution >= 0.6 is 0 Å². The van der Waals surface area contributed by atoms with Crippen molar-refractivity contribution in [3.8, 4) is 0 Å². The van der Waals surface area contributed by atoms with Gasteiger partial charge in [0.05, 0.1) is 18.6 Å². The lowest BCUT2D eigenvalue weighted by Crippen LogP contribution is -2.24. The van der Waals surface area contributed by atoms with Gasteiger partial charge in [0.15, 0.2) is 5.76 Å². The molecule has 0 bridgehead atoms. The fourth-order valence-corrected chi connectivity index (χ4v) is 2.77. The first kappa shape index (κ1) is 15.3. The van der Waals surface area contributed by atoms with Crippen LogP contribution in [0.3, 0.4) is 0 Å². The smallest absolute Gasteiger partial charge is 0.287 e. The van der Waals surface area contributed by atoms with Crippen LogP contribution in [0.25, 0.3) is 11.0 Å². The first-order chi connectivity index (χ1) is 11.0. The third-order valence-corrected chi connectivity index (χ3v) is 4.40. The average molecular weight is 311 g/mol. The second kappa shape index (κ2) is 5.91. The molecule has 0 atom stereocenters. The highest BCUT2D eigenvalue weighted by molar-refractivity contribution is 5.99. The average Bonchev–Trinajstić information content (AvgIpc) is 3.13. The molecular weight excluding hydrogens is 290 g/mol. The predicted molar refractivity (Wildman–Crippen MR) is 89.5 cm³/mol. The van der Waals surface area contributed by atoms with E-state index in [0.717, 1.165) is 39.9 Å². The molecule has 0 aliphatic carbocycles. The van der Waals surface area contributed by atoms with E-state index in [4.69, 9.17) is 4.42 Å². The molecule has 23 heavy (non-hydrogen) atoms. The van der Waals surface area contributed by atoms with Gasteiger partial charge in [-0.25, -0.2) is 4.98 Å². The maximum atomic E-state index is 12.5. The minimum atomic E-state index is -0.195. The van der Waals surface area contributed by atoms with E-state index in [2.05, 4.69) is 16.4 Å². The van der Waals surface area contributed by atoms with E-state index in [0.29, 0.717) is 12.3 Å². The van der Waals surface area contributed by atoms with Crippen LogP contribution in [0.1, 0.15) is 39.9 Å². The van der Waals surface area contributed by atoms with Crippen molar-refractivity contribution in [2.75, 3.05) is 0 Å². The van der Waals surface area contributed by atoms with Gasteiger partial charge < -0.3 is 14.3 Å². The summed E-state index contributed by atoms with van der Waals surface area (Å²) in [6.45, 7) is 9.28. The summed E-state index contributed by atoms with van der Waals surface area (Å²) in [4.78, 5) is 16.6. The zero-order valence-electron chi connectivity index (χ0n) is 13.9. The Balaban J connectivity index is 1.86. The zero-order valence-corrected chi connectivity index (χ0v) is 13.9. The minimum absolute atomic E-state index is 0.195. The highest BCUT2D eigenvalue weighted by Crippen LogP contribution is 2.29. The van der Waals surface area contributed by atoms with Gasteiger partial charge in [0.25, 0.3) is 5.91 Å². The first-order valence-electron chi connectivity index (χ1n) is 7.79. The van der Waals surface area contributed by atoms with Crippen LogP contribution in [0, 0.1) is 20.8 Å². The summed E-state index contributed by atoms with van der Waals surface area (Å²) in [5, 5.41) is 3.92. The molecule has 0 saturated carbocycles. The molecule has 3 aromatic rings. The van der Waals surface area contributed by atoms with Gasteiger partial charge >= 0.3 is 0 Å². The van der Waals surface area contributed by atoms with E-state index < -0.39 is 0 Å². The fourth-order valence-electron chi connectivity index (χ4n) is 2.77. The van der Waals surface area contributed by atoms with Gasteiger partial charge in [0.1, 0.15) is 5.58 Å². The van der Waals surface area contributed by atoms with Crippen molar-refractivity contribution in [3.63, 3.8) is 0 Å². The van der Waals surface area contributed by atoms with E-state index in [1.165, 1.54) is 0 Å². The Morgan fingerprint density at radius 3 is 2.78 bits per heavy atom. The van der Waals surface area contributed by atoms with Gasteiger partial charge in [0.2, 0.25) is 0 Å². The SMILES string of the molecule is CCn1cncc1CNC(=O)c1oc2c(C)c(C)ccc2c1C. The maximum Gasteiger partial charge on any atom is 0.287 e. The summed E-state index contributed by atoms with van der Waals surface area (Å²) in [7, 11) is 0. The molecule has 1 N–H and O–H groups in total. The maximum absolute atomic E-state index is 12.5. The highest BCUT2D eigenvalue weighted by atomic mass is 16.3. The Bertz CT molecular complexity index is 874. The molecule has 0 unspecified atom stereocenters. The standard InChI is InChI=1S/C18H21N3O2/c1-5-21-10-19-8-14(21)9-20-18(22)17-13(4)15-7-6-11(2)12(3)16(15)23-17/h6-8,10H,5,9H2,1-4H3,(H,20,22). The number of benzene rings is 1. The number of rotatable bonds is 4. The molecule has 5 heteroatoms. The number of aryl methyl sites for hydroxylation is 4. The molecule has 2 heterocycles. The Morgan fingerprint density at radius 1 is 1.26 bits per heavy atom. The lowest BCUT2D eigenvalue weighted by atomic mass is 10.0. The van der Waals surface area contributed by atoms with Crippen LogP contribution in [0.15, 0.2) is 29.1 Å². The number of hydrogen-bond acceptors (Lipinski definition) is 3. The van der Waals surface area contributed by atoms with Gasteiger partial charge in [-0.2, -0.15) is 0 Å². The largest absolute Gasteiger partial charge is 0.450 e. The van der Waals surface area contributed by atoms with E-state index in [1.807, 2.05) is 38.3 Å².